The molecule has 6 nitrogen and oxygen atoms in total. The van der Waals surface area contributed by atoms with E-state index in [0.717, 1.165) is 16.2 Å². The summed E-state index contributed by atoms with van der Waals surface area (Å²) < 4.78 is 10.3. The van der Waals surface area contributed by atoms with Gasteiger partial charge in [0.05, 0.1) is 12.4 Å². The molecule has 0 saturated heterocycles. The standard InChI is InChI=1S/C18H17N3O3S/c1-12(25-16-8-6-15(23-2)7-9-16)17(22)20-14-5-3-4-13(10-14)18-21-19-11-24-18/h3-12H,1-2H3,(H,20,22). The number of nitrogens with one attached hydrogen (secondary N) is 1. The zero-order chi connectivity index (χ0) is 17.6. The van der Waals surface area contributed by atoms with Crippen LogP contribution in [-0.2, 0) is 4.79 Å². The summed E-state index contributed by atoms with van der Waals surface area (Å²) in [6.07, 6.45) is 1.27. The van der Waals surface area contributed by atoms with Gasteiger partial charge in [-0.1, -0.05) is 6.07 Å². The summed E-state index contributed by atoms with van der Waals surface area (Å²) in [4.78, 5) is 13.4. The summed E-state index contributed by atoms with van der Waals surface area (Å²) in [5.74, 6) is 1.12. The number of hydrogen-bond acceptors (Lipinski definition) is 6. The SMILES string of the molecule is COc1ccc(SC(C)C(=O)Nc2cccc(-c3nnco3)c2)cc1. The number of aromatic nitrogens is 2. The van der Waals surface area contributed by atoms with E-state index in [1.807, 2.05) is 49.4 Å². The zero-order valence-corrected chi connectivity index (χ0v) is 14.6. The van der Waals surface area contributed by atoms with E-state index in [0.29, 0.717) is 11.6 Å². The molecule has 1 N–H and O–H groups in total. The summed E-state index contributed by atoms with van der Waals surface area (Å²) in [6, 6.07) is 14.9. The van der Waals surface area contributed by atoms with Gasteiger partial charge in [-0.3, -0.25) is 4.79 Å². The van der Waals surface area contributed by atoms with Gasteiger partial charge in [-0.15, -0.1) is 22.0 Å². The summed E-state index contributed by atoms with van der Waals surface area (Å²) in [6.45, 7) is 1.87. The van der Waals surface area contributed by atoms with Crippen LogP contribution in [0.25, 0.3) is 11.5 Å². The number of hydrogen-bond donors (Lipinski definition) is 1. The van der Waals surface area contributed by atoms with Crippen LogP contribution in [0.1, 0.15) is 6.92 Å². The first-order valence-corrected chi connectivity index (χ1v) is 8.52. The van der Waals surface area contributed by atoms with Crippen molar-refractivity contribution in [3.8, 4) is 17.2 Å². The Hall–Kier alpha value is -2.80. The molecular weight excluding hydrogens is 338 g/mol. The van der Waals surface area contributed by atoms with Gasteiger partial charge in [0.2, 0.25) is 18.2 Å². The highest BCUT2D eigenvalue weighted by Gasteiger charge is 2.15. The van der Waals surface area contributed by atoms with Crippen molar-refractivity contribution in [3.63, 3.8) is 0 Å². The molecule has 1 unspecified atom stereocenters. The number of carbonyl (C=O) groups excluding carboxylic acids is 1. The number of benzene rings is 2. The summed E-state index contributed by atoms with van der Waals surface area (Å²) in [5, 5.41) is 10.2. The van der Waals surface area contributed by atoms with Crippen LogP contribution >= 0.6 is 11.8 Å². The monoisotopic (exact) mass is 355 g/mol. The Bertz CT molecular complexity index is 835. The molecule has 7 heteroatoms. The molecule has 0 bridgehead atoms. The molecule has 3 rings (SSSR count). The zero-order valence-electron chi connectivity index (χ0n) is 13.8. The van der Waals surface area contributed by atoms with Gasteiger partial charge in [0.15, 0.2) is 0 Å². The van der Waals surface area contributed by atoms with Gasteiger partial charge in [-0.05, 0) is 49.4 Å². The summed E-state index contributed by atoms with van der Waals surface area (Å²) in [7, 11) is 1.63. The lowest BCUT2D eigenvalue weighted by molar-refractivity contribution is -0.115. The maximum absolute atomic E-state index is 12.4. The number of ether oxygens (including phenoxy) is 1. The second-order valence-corrected chi connectivity index (χ2v) is 6.66. The molecule has 0 aliphatic heterocycles. The molecule has 1 aromatic heterocycles. The van der Waals surface area contributed by atoms with E-state index >= 15 is 0 Å². The van der Waals surface area contributed by atoms with Crippen molar-refractivity contribution in [1.29, 1.82) is 0 Å². The minimum Gasteiger partial charge on any atom is -0.497 e. The first-order chi connectivity index (χ1) is 12.2. The number of carbonyl (C=O) groups is 1. The van der Waals surface area contributed by atoms with E-state index in [2.05, 4.69) is 15.5 Å². The molecule has 1 heterocycles. The van der Waals surface area contributed by atoms with Crippen molar-refractivity contribution < 1.29 is 13.9 Å². The average molecular weight is 355 g/mol. The molecule has 3 aromatic rings. The molecule has 0 saturated carbocycles. The Morgan fingerprint density at radius 2 is 2.04 bits per heavy atom. The third kappa shape index (κ3) is 4.39. The van der Waals surface area contributed by atoms with Gasteiger partial charge in [0.1, 0.15) is 5.75 Å². The molecule has 2 aromatic carbocycles. The molecule has 0 fully saturated rings. The van der Waals surface area contributed by atoms with Gasteiger partial charge < -0.3 is 14.5 Å². The Labute approximate surface area is 149 Å². The van der Waals surface area contributed by atoms with Gasteiger partial charge in [0, 0.05) is 16.1 Å². The van der Waals surface area contributed by atoms with Crippen LogP contribution in [0.2, 0.25) is 0 Å². The highest BCUT2D eigenvalue weighted by molar-refractivity contribution is 8.00. The molecule has 1 atom stereocenters. The van der Waals surface area contributed by atoms with E-state index < -0.39 is 0 Å². The van der Waals surface area contributed by atoms with Crippen LogP contribution in [0.15, 0.2) is 64.2 Å². The summed E-state index contributed by atoms with van der Waals surface area (Å²) in [5.41, 5.74) is 1.44. The molecule has 0 radical (unpaired) electrons. The predicted octanol–water partition coefficient (Wildman–Crippen LogP) is 3.86. The normalized spacial score (nSPS) is 11.8. The molecule has 0 spiro atoms. The van der Waals surface area contributed by atoms with Crippen molar-refractivity contribution in [3.05, 3.63) is 54.9 Å². The highest BCUT2D eigenvalue weighted by atomic mass is 32.2. The third-order valence-electron chi connectivity index (χ3n) is 3.48. The minimum absolute atomic E-state index is 0.0801. The maximum Gasteiger partial charge on any atom is 0.247 e. The topological polar surface area (TPSA) is 77.2 Å². The van der Waals surface area contributed by atoms with E-state index in [4.69, 9.17) is 9.15 Å². The number of rotatable bonds is 6. The molecule has 1 amide bonds. The molecule has 128 valence electrons. The van der Waals surface area contributed by atoms with Crippen molar-refractivity contribution in [2.45, 2.75) is 17.1 Å². The van der Waals surface area contributed by atoms with Gasteiger partial charge >= 0.3 is 0 Å². The van der Waals surface area contributed by atoms with Gasteiger partial charge in [-0.2, -0.15) is 0 Å². The fourth-order valence-corrected chi connectivity index (χ4v) is 3.05. The molecule has 0 aliphatic carbocycles. The fraction of sp³-hybridized carbons (Fsp3) is 0.167. The Morgan fingerprint density at radius 3 is 2.72 bits per heavy atom. The lowest BCUT2D eigenvalue weighted by Gasteiger charge is -2.12. The number of anilines is 1. The Balaban J connectivity index is 1.64. The lowest BCUT2D eigenvalue weighted by atomic mass is 10.2. The first kappa shape index (κ1) is 17.0. The average Bonchev–Trinajstić information content (AvgIpc) is 3.17. The van der Waals surface area contributed by atoms with Crippen molar-refractivity contribution >= 4 is 23.4 Å². The number of methoxy groups -OCH3 is 1. The Kier molecular flexibility index (Phi) is 5.35. The van der Waals surface area contributed by atoms with Gasteiger partial charge in [-0.25, -0.2) is 0 Å². The highest BCUT2D eigenvalue weighted by Crippen LogP contribution is 2.27. The third-order valence-corrected chi connectivity index (χ3v) is 4.59. The van der Waals surface area contributed by atoms with Crippen LogP contribution in [0.4, 0.5) is 5.69 Å². The number of thioether (sulfide) groups is 1. The lowest BCUT2D eigenvalue weighted by Crippen LogP contribution is -2.22. The fourth-order valence-electron chi connectivity index (χ4n) is 2.18. The van der Waals surface area contributed by atoms with E-state index in [1.54, 1.807) is 13.2 Å². The second kappa shape index (κ2) is 7.85. The smallest absolute Gasteiger partial charge is 0.247 e. The van der Waals surface area contributed by atoms with Crippen LogP contribution < -0.4 is 10.1 Å². The number of amides is 1. The van der Waals surface area contributed by atoms with Crippen molar-refractivity contribution in [1.82, 2.24) is 10.2 Å². The number of nitrogens with zero attached hydrogens (tertiary/aromatic N) is 2. The second-order valence-electron chi connectivity index (χ2n) is 5.25. The van der Waals surface area contributed by atoms with Gasteiger partial charge in [0.25, 0.3) is 0 Å². The predicted molar refractivity (Wildman–Crippen MR) is 96.7 cm³/mol. The van der Waals surface area contributed by atoms with Crippen LogP contribution in [-0.4, -0.2) is 28.5 Å². The molecule has 25 heavy (non-hydrogen) atoms. The Morgan fingerprint density at radius 1 is 1.24 bits per heavy atom. The quantitative estimate of drug-likeness (QED) is 0.677. The molecule has 0 aliphatic rings. The van der Waals surface area contributed by atoms with Crippen molar-refractivity contribution in [2.24, 2.45) is 0 Å². The van der Waals surface area contributed by atoms with Crippen LogP contribution in [0.3, 0.4) is 0 Å². The van der Waals surface area contributed by atoms with E-state index in [9.17, 15) is 4.79 Å². The van der Waals surface area contributed by atoms with Crippen molar-refractivity contribution in [2.75, 3.05) is 12.4 Å². The van der Waals surface area contributed by atoms with Crippen LogP contribution in [0.5, 0.6) is 5.75 Å². The van der Waals surface area contributed by atoms with Crippen LogP contribution in [0, 0.1) is 0 Å². The molecular formula is C18H17N3O3S. The van der Waals surface area contributed by atoms with E-state index in [-0.39, 0.29) is 11.2 Å². The largest absolute Gasteiger partial charge is 0.497 e. The minimum atomic E-state index is -0.250. The first-order valence-electron chi connectivity index (χ1n) is 7.64. The van der Waals surface area contributed by atoms with E-state index in [1.165, 1.54) is 18.2 Å². The summed E-state index contributed by atoms with van der Waals surface area (Å²) >= 11 is 1.48. The maximum atomic E-state index is 12.4.